The fourth-order valence-electron chi connectivity index (χ4n) is 8.38. The molecule has 422 valence electrons. The minimum absolute atomic E-state index is 0.0836. The van der Waals surface area contributed by atoms with Crippen molar-refractivity contribution < 1.29 is 28.6 Å². The summed E-state index contributed by atoms with van der Waals surface area (Å²) >= 11 is 0. The second-order valence-electron chi connectivity index (χ2n) is 20.2. The van der Waals surface area contributed by atoms with Gasteiger partial charge in [0.15, 0.2) is 6.10 Å². The number of rotatable bonds is 55. The smallest absolute Gasteiger partial charge is 0.306 e. The molecule has 0 aliphatic heterocycles. The SMILES string of the molecule is CC/C=C\C/C=C\C/C=C\C/C=C\C/C=C\C/C=C\C/C=C\CCCCCCCCCCCC(=O)OCC(COC(=O)CCCCCCCCCCCCC)OC(=O)CCCCCCC/C=C\C/C=C\CCCC. The van der Waals surface area contributed by atoms with E-state index >= 15 is 0 Å². The van der Waals surface area contributed by atoms with E-state index in [1.807, 2.05) is 0 Å². The molecule has 6 nitrogen and oxygen atoms in total. The van der Waals surface area contributed by atoms with Crippen LogP contribution in [-0.2, 0) is 28.6 Å². The number of carbonyl (C=O) groups excluding carboxylic acids is 3. The summed E-state index contributed by atoms with van der Waals surface area (Å²) in [6.45, 7) is 6.47. The largest absolute Gasteiger partial charge is 0.462 e. The Bertz CT molecular complexity index is 1510. The molecular formula is C68H114O6. The zero-order chi connectivity index (χ0) is 53.6. The fraction of sp³-hybridized carbons (Fsp3) is 0.691. The summed E-state index contributed by atoms with van der Waals surface area (Å²) in [5.41, 5.74) is 0. The standard InChI is InChI=1S/C68H114O6/c1-4-7-10-13-16-19-22-24-26-27-28-29-30-31-32-33-34-35-36-37-38-39-40-41-42-44-46-49-52-55-58-61-67(70)73-64-65(63-72-66(69)60-57-54-51-48-45-21-18-15-12-9-6-3)74-68(71)62-59-56-53-50-47-43-25-23-20-17-14-11-8-5-2/h7,10,14,16-17,19,23-26,28-29,31-32,34-35,37-38,65H,4-6,8-9,11-13,15,18,20-22,27,30,33,36,39-64H2,1-3H3/b10-7-,17-14-,19-16-,25-23-,26-24-,29-28-,32-31-,35-34-,38-37-. The lowest BCUT2D eigenvalue weighted by atomic mass is 10.1. The Morgan fingerprint density at radius 1 is 0.284 bits per heavy atom. The second kappa shape index (κ2) is 61.6. The van der Waals surface area contributed by atoms with Crippen molar-refractivity contribution in [3.05, 3.63) is 109 Å². The summed E-state index contributed by atoms with van der Waals surface area (Å²) in [6, 6.07) is 0. The highest BCUT2D eigenvalue weighted by Crippen LogP contribution is 2.15. The Hall–Kier alpha value is -3.93. The molecule has 0 aliphatic rings. The van der Waals surface area contributed by atoms with Crippen LogP contribution in [0.5, 0.6) is 0 Å². The lowest BCUT2D eigenvalue weighted by Gasteiger charge is -2.18. The molecule has 0 amide bonds. The number of unbranched alkanes of at least 4 members (excludes halogenated alkanes) is 26. The van der Waals surface area contributed by atoms with Crippen molar-refractivity contribution in [2.75, 3.05) is 13.2 Å². The molecule has 0 saturated heterocycles. The van der Waals surface area contributed by atoms with Crippen LogP contribution < -0.4 is 0 Å². The van der Waals surface area contributed by atoms with Crippen molar-refractivity contribution in [3.63, 3.8) is 0 Å². The van der Waals surface area contributed by atoms with Crippen molar-refractivity contribution in [1.82, 2.24) is 0 Å². The van der Waals surface area contributed by atoms with E-state index in [0.29, 0.717) is 19.3 Å². The number of esters is 3. The van der Waals surface area contributed by atoms with Gasteiger partial charge in [0, 0.05) is 19.3 Å². The Morgan fingerprint density at radius 3 is 0.865 bits per heavy atom. The summed E-state index contributed by atoms with van der Waals surface area (Å²) < 4.78 is 16.8. The highest BCUT2D eigenvalue weighted by atomic mass is 16.6. The molecule has 0 aromatic rings. The van der Waals surface area contributed by atoms with E-state index in [4.69, 9.17) is 14.2 Å². The van der Waals surface area contributed by atoms with Crippen LogP contribution in [0.25, 0.3) is 0 Å². The summed E-state index contributed by atoms with van der Waals surface area (Å²) in [4.78, 5) is 38.1. The molecule has 1 unspecified atom stereocenters. The fourth-order valence-corrected chi connectivity index (χ4v) is 8.38. The van der Waals surface area contributed by atoms with E-state index < -0.39 is 6.10 Å². The Morgan fingerprint density at radius 2 is 0.541 bits per heavy atom. The van der Waals surface area contributed by atoms with Gasteiger partial charge in [-0.25, -0.2) is 0 Å². The van der Waals surface area contributed by atoms with Crippen LogP contribution in [-0.4, -0.2) is 37.2 Å². The van der Waals surface area contributed by atoms with Gasteiger partial charge in [-0.2, -0.15) is 0 Å². The quantitative estimate of drug-likeness (QED) is 0.0261. The Balaban J connectivity index is 4.23. The van der Waals surface area contributed by atoms with Crippen LogP contribution in [0.15, 0.2) is 109 Å². The van der Waals surface area contributed by atoms with Crippen molar-refractivity contribution in [2.45, 2.75) is 290 Å². The molecule has 0 aliphatic carbocycles. The number of ether oxygens (including phenoxy) is 3. The van der Waals surface area contributed by atoms with E-state index in [9.17, 15) is 14.4 Å². The average Bonchev–Trinajstić information content (AvgIpc) is 3.40. The summed E-state index contributed by atoms with van der Waals surface area (Å²) in [6.07, 6.45) is 83.8. The van der Waals surface area contributed by atoms with Gasteiger partial charge >= 0.3 is 17.9 Å². The molecule has 0 spiro atoms. The monoisotopic (exact) mass is 1030 g/mol. The Labute approximate surface area is 457 Å². The third-order valence-corrected chi connectivity index (χ3v) is 13.0. The number of carbonyl (C=O) groups is 3. The maximum atomic E-state index is 12.8. The average molecular weight is 1030 g/mol. The van der Waals surface area contributed by atoms with Crippen LogP contribution >= 0.6 is 0 Å². The van der Waals surface area contributed by atoms with Crippen molar-refractivity contribution >= 4 is 17.9 Å². The highest BCUT2D eigenvalue weighted by molar-refractivity contribution is 5.71. The molecule has 0 fully saturated rings. The third kappa shape index (κ3) is 59.0. The number of hydrogen-bond donors (Lipinski definition) is 0. The minimum atomic E-state index is -0.787. The van der Waals surface area contributed by atoms with E-state index in [2.05, 4.69) is 130 Å². The maximum absolute atomic E-state index is 12.8. The molecule has 0 heterocycles. The van der Waals surface area contributed by atoms with Crippen LogP contribution in [0.1, 0.15) is 284 Å². The molecule has 0 bridgehead atoms. The first-order valence-corrected chi connectivity index (χ1v) is 30.9. The van der Waals surface area contributed by atoms with Gasteiger partial charge < -0.3 is 14.2 Å². The molecule has 0 aromatic carbocycles. The normalized spacial score (nSPS) is 12.9. The predicted octanol–water partition coefficient (Wildman–Crippen LogP) is 21.0. The zero-order valence-corrected chi connectivity index (χ0v) is 48.3. The van der Waals surface area contributed by atoms with E-state index in [1.165, 1.54) is 109 Å². The third-order valence-electron chi connectivity index (χ3n) is 13.0. The summed E-state index contributed by atoms with van der Waals surface area (Å²) in [5, 5.41) is 0. The summed E-state index contributed by atoms with van der Waals surface area (Å²) in [7, 11) is 0. The van der Waals surface area contributed by atoms with Gasteiger partial charge in [-0.3, -0.25) is 14.4 Å². The molecular weight excluding hydrogens is 913 g/mol. The van der Waals surface area contributed by atoms with Crippen molar-refractivity contribution in [3.8, 4) is 0 Å². The van der Waals surface area contributed by atoms with Crippen LogP contribution in [0, 0.1) is 0 Å². The molecule has 74 heavy (non-hydrogen) atoms. The van der Waals surface area contributed by atoms with E-state index in [1.54, 1.807) is 0 Å². The molecule has 0 aromatic heterocycles. The maximum Gasteiger partial charge on any atom is 0.306 e. The lowest BCUT2D eigenvalue weighted by Crippen LogP contribution is -2.30. The number of allylic oxidation sites excluding steroid dienone is 18. The van der Waals surface area contributed by atoms with Crippen molar-refractivity contribution in [1.29, 1.82) is 0 Å². The van der Waals surface area contributed by atoms with Gasteiger partial charge in [-0.15, -0.1) is 0 Å². The first-order chi connectivity index (χ1) is 36.5. The zero-order valence-electron chi connectivity index (χ0n) is 48.3. The first-order valence-electron chi connectivity index (χ1n) is 30.9. The predicted molar refractivity (Wildman–Crippen MR) is 320 cm³/mol. The molecule has 0 rings (SSSR count). The summed E-state index contributed by atoms with van der Waals surface area (Å²) in [5.74, 6) is -0.901. The minimum Gasteiger partial charge on any atom is -0.462 e. The van der Waals surface area contributed by atoms with Gasteiger partial charge in [0.2, 0.25) is 0 Å². The van der Waals surface area contributed by atoms with E-state index in [0.717, 1.165) is 135 Å². The van der Waals surface area contributed by atoms with E-state index in [-0.39, 0.29) is 31.1 Å². The van der Waals surface area contributed by atoms with Gasteiger partial charge in [-0.05, 0) is 103 Å². The van der Waals surface area contributed by atoms with Gasteiger partial charge in [0.05, 0.1) is 0 Å². The molecule has 1 atom stereocenters. The Kier molecular flexibility index (Phi) is 58.3. The second-order valence-corrected chi connectivity index (χ2v) is 20.2. The molecule has 0 saturated carbocycles. The topological polar surface area (TPSA) is 78.9 Å². The molecule has 0 N–H and O–H groups in total. The van der Waals surface area contributed by atoms with Gasteiger partial charge in [0.1, 0.15) is 13.2 Å². The lowest BCUT2D eigenvalue weighted by molar-refractivity contribution is -0.167. The molecule has 0 radical (unpaired) electrons. The highest BCUT2D eigenvalue weighted by Gasteiger charge is 2.19. The first kappa shape index (κ1) is 70.1. The van der Waals surface area contributed by atoms with Crippen LogP contribution in [0.4, 0.5) is 0 Å². The number of hydrogen-bond acceptors (Lipinski definition) is 6. The van der Waals surface area contributed by atoms with Crippen molar-refractivity contribution in [2.24, 2.45) is 0 Å². The molecule has 6 heteroatoms. The van der Waals surface area contributed by atoms with Gasteiger partial charge in [0.25, 0.3) is 0 Å². The van der Waals surface area contributed by atoms with Gasteiger partial charge in [-0.1, -0.05) is 271 Å². The van der Waals surface area contributed by atoms with Crippen LogP contribution in [0.3, 0.4) is 0 Å². The van der Waals surface area contributed by atoms with Crippen LogP contribution in [0.2, 0.25) is 0 Å².